The molecule has 0 fully saturated rings. The zero-order valence-corrected chi connectivity index (χ0v) is 10.6. The van der Waals surface area contributed by atoms with E-state index in [4.69, 9.17) is 15.4 Å². The maximum atomic E-state index is 11.6. The lowest BCUT2D eigenvalue weighted by molar-refractivity contribution is 0.164. The molecule has 0 bridgehead atoms. The van der Waals surface area contributed by atoms with Gasteiger partial charge in [0.1, 0.15) is 17.2 Å². The number of nitrogens with zero attached hydrogens (tertiary/aromatic N) is 1. The van der Waals surface area contributed by atoms with Crippen LogP contribution in [0.2, 0.25) is 0 Å². The Kier molecular flexibility index (Phi) is 4.63. The molecule has 1 aromatic rings. The molecule has 0 aliphatic rings. The summed E-state index contributed by atoms with van der Waals surface area (Å²) in [5.41, 5.74) is 5.84. The smallest absolute Gasteiger partial charge is 0.217 e. The summed E-state index contributed by atoms with van der Waals surface area (Å²) in [4.78, 5) is 0. The van der Waals surface area contributed by atoms with Crippen molar-refractivity contribution in [3.63, 3.8) is 0 Å². The van der Waals surface area contributed by atoms with Crippen molar-refractivity contribution >= 4 is 10.0 Å². The topological polar surface area (TPSA) is 118 Å². The Labute approximate surface area is 100 Å². The highest BCUT2D eigenvalue weighted by Gasteiger charge is 2.17. The summed E-state index contributed by atoms with van der Waals surface area (Å²) in [6, 6.07) is 0.914. The molecule has 1 heterocycles. The van der Waals surface area contributed by atoms with Crippen LogP contribution < -0.4 is 10.5 Å². The number of nitrogens with two attached hydrogens (primary N) is 1. The van der Waals surface area contributed by atoms with Crippen LogP contribution in [0, 0.1) is 6.92 Å². The minimum Gasteiger partial charge on any atom is -0.392 e. The second-order valence-corrected chi connectivity index (χ2v) is 5.75. The third-order valence-corrected chi connectivity index (χ3v) is 3.46. The lowest BCUT2D eigenvalue weighted by Gasteiger charge is -2.14. The van der Waals surface area contributed by atoms with Crippen molar-refractivity contribution in [2.75, 3.05) is 6.54 Å². The van der Waals surface area contributed by atoms with Crippen molar-refractivity contribution in [3.05, 3.63) is 17.5 Å². The summed E-state index contributed by atoms with van der Waals surface area (Å²) >= 11 is 0. The molecule has 0 saturated heterocycles. The fourth-order valence-corrected chi connectivity index (χ4v) is 2.20. The molecule has 0 aromatic carbocycles. The molecule has 0 aliphatic heterocycles. The highest BCUT2D eigenvalue weighted by molar-refractivity contribution is 7.88. The molecule has 2 unspecified atom stereocenters. The summed E-state index contributed by atoms with van der Waals surface area (Å²) in [7, 11) is -3.51. The first-order valence-electron chi connectivity index (χ1n) is 5.13. The van der Waals surface area contributed by atoms with Gasteiger partial charge in [0.2, 0.25) is 10.0 Å². The number of aliphatic hydroxyl groups excluding tert-OH is 1. The van der Waals surface area contributed by atoms with E-state index in [1.165, 1.54) is 6.92 Å². The first-order valence-corrected chi connectivity index (χ1v) is 6.78. The van der Waals surface area contributed by atoms with E-state index in [1.807, 2.05) is 0 Å². The standard InChI is InChI=1S/C9H17N3O4S/c1-6-3-8(12-16-6)5-17(14,15)11-4-9(10)7(2)13/h3,7,9,11,13H,4-5,10H2,1-2H3. The van der Waals surface area contributed by atoms with Crippen molar-refractivity contribution in [1.29, 1.82) is 0 Å². The van der Waals surface area contributed by atoms with Crippen LogP contribution in [-0.2, 0) is 15.8 Å². The van der Waals surface area contributed by atoms with E-state index >= 15 is 0 Å². The third-order valence-electron chi connectivity index (χ3n) is 2.17. The molecule has 2 atom stereocenters. The Bertz CT molecular complexity index is 455. The van der Waals surface area contributed by atoms with Crippen LogP contribution in [0.1, 0.15) is 18.4 Å². The molecule has 0 radical (unpaired) electrons. The molecule has 4 N–H and O–H groups in total. The van der Waals surface area contributed by atoms with Gasteiger partial charge in [-0.05, 0) is 13.8 Å². The number of sulfonamides is 1. The average molecular weight is 263 g/mol. The molecular weight excluding hydrogens is 246 g/mol. The van der Waals surface area contributed by atoms with Gasteiger partial charge in [-0.25, -0.2) is 13.1 Å². The predicted octanol–water partition coefficient (Wildman–Crippen LogP) is -0.889. The van der Waals surface area contributed by atoms with Crippen molar-refractivity contribution < 1.29 is 18.0 Å². The third kappa shape index (κ3) is 4.82. The van der Waals surface area contributed by atoms with Gasteiger partial charge in [-0.2, -0.15) is 0 Å². The number of nitrogens with one attached hydrogen (secondary N) is 1. The number of hydrogen-bond acceptors (Lipinski definition) is 6. The molecule has 0 saturated carbocycles. The van der Waals surface area contributed by atoms with Gasteiger partial charge in [0.25, 0.3) is 0 Å². The second kappa shape index (κ2) is 5.58. The normalized spacial score (nSPS) is 15.8. The van der Waals surface area contributed by atoms with Gasteiger partial charge in [0.15, 0.2) is 0 Å². The predicted molar refractivity (Wildman–Crippen MR) is 61.5 cm³/mol. The minimum atomic E-state index is -3.51. The number of aliphatic hydroxyl groups is 1. The number of aromatic nitrogens is 1. The van der Waals surface area contributed by atoms with Crippen LogP contribution in [0.4, 0.5) is 0 Å². The number of hydrogen-bond donors (Lipinski definition) is 3. The molecular formula is C9H17N3O4S. The van der Waals surface area contributed by atoms with E-state index in [0.717, 1.165) is 0 Å². The quantitative estimate of drug-likeness (QED) is 0.612. The molecule has 0 spiro atoms. The van der Waals surface area contributed by atoms with Crippen molar-refractivity contribution in [2.45, 2.75) is 31.7 Å². The van der Waals surface area contributed by atoms with Crippen LogP contribution in [0.15, 0.2) is 10.6 Å². The van der Waals surface area contributed by atoms with Crippen molar-refractivity contribution in [3.8, 4) is 0 Å². The monoisotopic (exact) mass is 263 g/mol. The summed E-state index contributed by atoms with van der Waals surface area (Å²) in [5.74, 6) is 0.285. The van der Waals surface area contributed by atoms with Crippen LogP contribution in [-0.4, -0.2) is 37.4 Å². The number of rotatable bonds is 6. The Morgan fingerprint density at radius 3 is 2.76 bits per heavy atom. The molecule has 98 valence electrons. The Morgan fingerprint density at radius 1 is 1.65 bits per heavy atom. The van der Waals surface area contributed by atoms with Crippen LogP contribution in [0.3, 0.4) is 0 Å². The van der Waals surface area contributed by atoms with E-state index in [9.17, 15) is 8.42 Å². The first-order chi connectivity index (χ1) is 7.80. The zero-order valence-electron chi connectivity index (χ0n) is 9.75. The zero-order chi connectivity index (χ0) is 13.1. The summed E-state index contributed by atoms with van der Waals surface area (Å²) in [5, 5.41) is 12.7. The van der Waals surface area contributed by atoms with E-state index in [1.54, 1.807) is 13.0 Å². The van der Waals surface area contributed by atoms with E-state index in [0.29, 0.717) is 11.5 Å². The maximum absolute atomic E-state index is 11.6. The lowest BCUT2D eigenvalue weighted by atomic mass is 10.2. The van der Waals surface area contributed by atoms with Gasteiger partial charge >= 0.3 is 0 Å². The van der Waals surface area contributed by atoms with Gasteiger partial charge < -0.3 is 15.4 Å². The van der Waals surface area contributed by atoms with Crippen LogP contribution >= 0.6 is 0 Å². The van der Waals surface area contributed by atoms with Gasteiger partial charge in [-0.1, -0.05) is 5.16 Å². The van der Waals surface area contributed by atoms with Gasteiger partial charge in [0.05, 0.1) is 6.10 Å². The molecule has 7 nitrogen and oxygen atoms in total. The van der Waals surface area contributed by atoms with Crippen LogP contribution in [0.5, 0.6) is 0 Å². The highest BCUT2D eigenvalue weighted by Crippen LogP contribution is 2.05. The Balaban J connectivity index is 2.52. The molecule has 8 heteroatoms. The maximum Gasteiger partial charge on any atom is 0.217 e. The fourth-order valence-electron chi connectivity index (χ4n) is 1.13. The van der Waals surface area contributed by atoms with Crippen molar-refractivity contribution in [1.82, 2.24) is 9.88 Å². The highest BCUT2D eigenvalue weighted by atomic mass is 32.2. The van der Waals surface area contributed by atoms with Gasteiger partial charge in [0, 0.05) is 18.7 Å². The van der Waals surface area contributed by atoms with E-state index < -0.39 is 22.2 Å². The lowest BCUT2D eigenvalue weighted by Crippen LogP contribution is -2.43. The summed E-state index contributed by atoms with van der Waals surface area (Å²) in [6.45, 7) is 3.16. The van der Waals surface area contributed by atoms with Crippen molar-refractivity contribution in [2.24, 2.45) is 5.73 Å². The largest absolute Gasteiger partial charge is 0.392 e. The average Bonchev–Trinajstić information content (AvgIpc) is 2.59. The molecule has 0 aliphatic carbocycles. The van der Waals surface area contributed by atoms with Gasteiger partial charge in [-0.3, -0.25) is 0 Å². The SMILES string of the molecule is Cc1cc(CS(=O)(=O)NCC(N)C(C)O)no1. The molecule has 17 heavy (non-hydrogen) atoms. The van der Waals surface area contributed by atoms with Crippen LogP contribution in [0.25, 0.3) is 0 Å². The Morgan fingerprint density at radius 2 is 2.29 bits per heavy atom. The number of aryl methyl sites for hydroxylation is 1. The summed E-state index contributed by atoms with van der Waals surface area (Å²) in [6.07, 6.45) is -0.771. The van der Waals surface area contributed by atoms with Gasteiger partial charge in [-0.15, -0.1) is 0 Å². The first kappa shape index (κ1) is 14.1. The van der Waals surface area contributed by atoms with E-state index in [2.05, 4.69) is 9.88 Å². The molecule has 1 rings (SSSR count). The second-order valence-electron chi connectivity index (χ2n) is 3.94. The minimum absolute atomic E-state index is 0.0170. The Hall–Kier alpha value is -0.960. The fraction of sp³-hybridized carbons (Fsp3) is 0.667. The molecule has 0 amide bonds. The summed E-state index contributed by atoms with van der Waals surface area (Å²) < 4.78 is 30.3. The van der Waals surface area contributed by atoms with E-state index in [-0.39, 0.29) is 12.3 Å². The molecule has 1 aromatic heterocycles.